The molecule has 0 saturated heterocycles. The standard InChI is InChI=1S/C19H24N4O/c1-12-8-16-17(9-13(12)2)23-15(11-24)10-20-19(23)18(22-16)21-14-6-4-3-5-7-14/h8-10,14,24H,3-7,11H2,1-2H3,(H,21,22). The van der Waals surface area contributed by atoms with Crippen molar-refractivity contribution in [2.45, 2.75) is 58.6 Å². The molecule has 1 saturated carbocycles. The fourth-order valence-electron chi connectivity index (χ4n) is 3.70. The van der Waals surface area contributed by atoms with Gasteiger partial charge in [-0.15, -0.1) is 0 Å². The van der Waals surface area contributed by atoms with Crippen LogP contribution in [0.4, 0.5) is 5.82 Å². The minimum absolute atomic E-state index is 0.0317. The van der Waals surface area contributed by atoms with E-state index in [9.17, 15) is 5.11 Å². The molecule has 5 heteroatoms. The first-order valence-electron chi connectivity index (χ1n) is 8.82. The number of nitrogens with zero attached hydrogens (tertiary/aromatic N) is 3. The number of imidazole rings is 1. The molecule has 1 fully saturated rings. The van der Waals surface area contributed by atoms with Crippen LogP contribution in [0.3, 0.4) is 0 Å². The number of fused-ring (bicyclic) bond motifs is 3. The second kappa shape index (κ2) is 6.06. The lowest BCUT2D eigenvalue weighted by molar-refractivity contribution is 0.276. The highest BCUT2D eigenvalue weighted by Gasteiger charge is 2.18. The van der Waals surface area contributed by atoms with E-state index in [4.69, 9.17) is 4.98 Å². The van der Waals surface area contributed by atoms with Crippen molar-refractivity contribution < 1.29 is 5.11 Å². The van der Waals surface area contributed by atoms with Crippen molar-refractivity contribution in [2.75, 3.05) is 5.32 Å². The highest BCUT2D eigenvalue weighted by Crippen LogP contribution is 2.28. The first kappa shape index (κ1) is 15.4. The zero-order chi connectivity index (χ0) is 16.7. The molecule has 1 aromatic carbocycles. The second-order valence-electron chi connectivity index (χ2n) is 6.93. The van der Waals surface area contributed by atoms with E-state index >= 15 is 0 Å². The topological polar surface area (TPSA) is 62.5 Å². The fourth-order valence-corrected chi connectivity index (χ4v) is 3.70. The Balaban J connectivity index is 1.91. The molecule has 0 amide bonds. The summed E-state index contributed by atoms with van der Waals surface area (Å²) in [6.07, 6.45) is 8.00. The van der Waals surface area contributed by atoms with E-state index in [1.165, 1.54) is 43.2 Å². The van der Waals surface area contributed by atoms with E-state index in [1.54, 1.807) is 6.20 Å². The average molecular weight is 324 g/mol. The smallest absolute Gasteiger partial charge is 0.180 e. The summed E-state index contributed by atoms with van der Waals surface area (Å²) in [5.41, 5.74) is 5.99. The molecule has 1 aliphatic rings. The van der Waals surface area contributed by atoms with Crippen molar-refractivity contribution in [3.8, 4) is 0 Å². The number of aromatic nitrogens is 3. The minimum Gasteiger partial charge on any atom is -0.390 e. The van der Waals surface area contributed by atoms with Gasteiger partial charge in [0, 0.05) is 6.04 Å². The molecule has 2 N–H and O–H groups in total. The minimum atomic E-state index is -0.0317. The van der Waals surface area contributed by atoms with Crippen LogP contribution in [0.15, 0.2) is 18.3 Å². The number of hydrogen-bond donors (Lipinski definition) is 2. The zero-order valence-corrected chi connectivity index (χ0v) is 14.3. The molecule has 0 spiro atoms. The summed E-state index contributed by atoms with van der Waals surface area (Å²) >= 11 is 0. The molecule has 24 heavy (non-hydrogen) atoms. The molecule has 1 aliphatic carbocycles. The van der Waals surface area contributed by atoms with Crippen LogP contribution >= 0.6 is 0 Å². The van der Waals surface area contributed by atoms with Crippen LogP contribution in [0.1, 0.15) is 48.9 Å². The van der Waals surface area contributed by atoms with Crippen molar-refractivity contribution in [3.05, 3.63) is 35.2 Å². The summed E-state index contributed by atoms with van der Waals surface area (Å²) in [5, 5.41) is 13.3. The zero-order valence-electron chi connectivity index (χ0n) is 14.3. The lowest BCUT2D eigenvalue weighted by Gasteiger charge is -2.23. The largest absolute Gasteiger partial charge is 0.390 e. The summed E-state index contributed by atoms with van der Waals surface area (Å²) in [7, 11) is 0. The van der Waals surface area contributed by atoms with Gasteiger partial charge in [0.1, 0.15) is 0 Å². The normalized spacial score (nSPS) is 16.1. The number of benzene rings is 1. The molecule has 2 aromatic heterocycles. The van der Waals surface area contributed by atoms with E-state index in [0.717, 1.165) is 28.2 Å². The number of aryl methyl sites for hydroxylation is 2. The van der Waals surface area contributed by atoms with Gasteiger partial charge in [-0.3, -0.25) is 4.40 Å². The fraction of sp³-hybridized carbons (Fsp3) is 0.474. The van der Waals surface area contributed by atoms with Gasteiger partial charge in [-0.25, -0.2) is 9.97 Å². The number of hydrogen-bond acceptors (Lipinski definition) is 4. The number of aliphatic hydroxyl groups excluding tert-OH is 1. The van der Waals surface area contributed by atoms with E-state index in [0.29, 0.717) is 6.04 Å². The lowest BCUT2D eigenvalue weighted by Crippen LogP contribution is -2.23. The van der Waals surface area contributed by atoms with Gasteiger partial charge < -0.3 is 10.4 Å². The van der Waals surface area contributed by atoms with Crippen molar-refractivity contribution >= 4 is 22.5 Å². The molecule has 3 aromatic rings. The van der Waals surface area contributed by atoms with Crippen molar-refractivity contribution in [1.82, 2.24) is 14.4 Å². The molecule has 0 bridgehead atoms. The third-order valence-electron chi connectivity index (χ3n) is 5.22. The number of nitrogens with one attached hydrogen (secondary N) is 1. The van der Waals surface area contributed by atoms with Gasteiger partial charge in [-0.2, -0.15) is 0 Å². The van der Waals surface area contributed by atoms with Gasteiger partial charge in [0.15, 0.2) is 11.5 Å². The third-order valence-corrected chi connectivity index (χ3v) is 5.22. The Morgan fingerprint density at radius 2 is 1.92 bits per heavy atom. The Kier molecular flexibility index (Phi) is 3.88. The summed E-state index contributed by atoms with van der Waals surface area (Å²) < 4.78 is 2.04. The summed E-state index contributed by atoms with van der Waals surface area (Å²) in [5.74, 6) is 0.831. The predicted octanol–water partition coefficient (Wildman–Crippen LogP) is 3.74. The average Bonchev–Trinajstić information content (AvgIpc) is 3.02. The Bertz CT molecular complexity index is 893. The quantitative estimate of drug-likeness (QED) is 0.770. The van der Waals surface area contributed by atoms with Crippen LogP contribution in [0, 0.1) is 13.8 Å². The maximum atomic E-state index is 9.72. The Morgan fingerprint density at radius 1 is 1.17 bits per heavy atom. The predicted molar refractivity (Wildman–Crippen MR) is 96.4 cm³/mol. The summed E-state index contributed by atoms with van der Waals surface area (Å²) in [6, 6.07) is 4.72. The van der Waals surface area contributed by atoms with Crippen molar-refractivity contribution in [3.63, 3.8) is 0 Å². The molecular formula is C19H24N4O. The van der Waals surface area contributed by atoms with Crippen molar-refractivity contribution in [1.29, 1.82) is 0 Å². The van der Waals surface area contributed by atoms with E-state index in [2.05, 4.69) is 36.3 Å². The number of rotatable bonds is 3. The molecule has 2 heterocycles. The highest BCUT2D eigenvalue weighted by atomic mass is 16.3. The van der Waals surface area contributed by atoms with Crippen LogP contribution in [-0.4, -0.2) is 25.5 Å². The van der Waals surface area contributed by atoms with Crippen molar-refractivity contribution in [2.24, 2.45) is 0 Å². The monoisotopic (exact) mass is 324 g/mol. The second-order valence-corrected chi connectivity index (χ2v) is 6.93. The first-order chi connectivity index (χ1) is 11.7. The van der Waals surface area contributed by atoms with Gasteiger partial charge >= 0.3 is 0 Å². The molecule has 0 unspecified atom stereocenters. The Hall–Kier alpha value is -2.14. The Labute approximate surface area is 141 Å². The van der Waals surface area contributed by atoms with E-state index < -0.39 is 0 Å². The van der Waals surface area contributed by atoms with Gasteiger partial charge in [0.05, 0.1) is 29.5 Å². The Morgan fingerprint density at radius 3 is 2.67 bits per heavy atom. The third kappa shape index (κ3) is 2.53. The molecule has 126 valence electrons. The SMILES string of the molecule is Cc1cc2nc(NC3CCCCC3)c3ncc(CO)n3c2cc1C. The van der Waals surface area contributed by atoms with Crippen LogP contribution in [0.5, 0.6) is 0 Å². The molecule has 4 rings (SSSR count). The van der Waals surface area contributed by atoms with Gasteiger partial charge in [0.2, 0.25) is 0 Å². The maximum Gasteiger partial charge on any atom is 0.180 e. The van der Waals surface area contributed by atoms with E-state index in [-0.39, 0.29) is 6.61 Å². The van der Waals surface area contributed by atoms with Crippen LogP contribution in [0.25, 0.3) is 16.7 Å². The summed E-state index contributed by atoms with van der Waals surface area (Å²) in [6.45, 7) is 4.18. The summed E-state index contributed by atoms with van der Waals surface area (Å²) in [4.78, 5) is 9.41. The number of anilines is 1. The maximum absolute atomic E-state index is 9.72. The first-order valence-corrected chi connectivity index (χ1v) is 8.82. The van der Waals surface area contributed by atoms with Crippen LogP contribution in [-0.2, 0) is 6.61 Å². The molecular weight excluding hydrogens is 300 g/mol. The highest BCUT2D eigenvalue weighted by molar-refractivity contribution is 5.84. The van der Waals surface area contributed by atoms with E-state index in [1.807, 2.05) is 4.40 Å². The van der Waals surface area contributed by atoms with Gasteiger partial charge in [-0.1, -0.05) is 19.3 Å². The molecule has 0 atom stereocenters. The number of aliphatic hydroxyl groups is 1. The van der Waals surface area contributed by atoms with Gasteiger partial charge in [0.25, 0.3) is 0 Å². The van der Waals surface area contributed by atoms with Crippen LogP contribution < -0.4 is 5.32 Å². The lowest BCUT2D eigenvalue weighted by atomic mass is 9.95. The van der Waals surface area contributed by atoms with Gasteiger partial charge in [-0.05, 0) is 49.9 Å². The molecule has 5 nitrogen and oxygen atoms in total. The molecule has 0 aliphatic heterocycles. The molecule has 0 radical (unpaired) electrons. The van der Waals surface area contributed by atoms with Crippen LogP contribution in [0.2, 0.25) is 0 Å².